The normalized spacial score (nSPS) is 10.8. The molecule has 4 nitrogen and oxygen atoms in total. The maximum absolute atomic E-state index is 13.0. The van der Waals surface area contributed by atoms with E-state index >= 15 is 0 Å². The highest BCUT2D eigenvalue weighted by molar-refractivity contribution is 6.04. The summed E-state index contributed by atoms with van der Waals surface area (Å²) in [6.07, 6.45) is 1.72. The van der Waals surface area contributed by atoms with Gasteiger partial charge in [0.05, 0.1) is 6.54 Å². The van der Waals surface area contributed by atoms with Gasteiger partial charge in [0.25, 0.3) is 11.5 Å². The van der Waals surface area contributed by atoms with E-state index in [0.29, 0.717) is 12.2 Å². The molecule has 0 unspecified atom stereocenters. The largest absolute Gasteiger partial charge is 0.322 e. The van der Waals surface area contributed by atoms with E-state index in [9.17, 15) is 9.59 Å². The number of nitrogens with zero attached hydrogens (tertiary/aromatic N) is 1. The van der Waals surface area contributed by atoms with E-state index < -0.39 is 5.91 Å². The first-order valence-corrected chi connectivity index (χ1v) is 9.57. The van der Waals surface area contributed by atoms with E-state index in [1.165, 1.54) is 0 Å². The van der Waals surface area contributed by atoms with Gasteiger partial charge in [0, 0.05) is 11.9 Å². The molecule has 1 amide bonds. The molecule has 4 rings (SSSR count). The van der Waals surface area contributed by atoms with Gasteiger partial charge in [-0.3, -0.25) is 9.59 Å². The fourth-order valence-electron chi connectivity index (χ4n) is 3.69. The molecule has 3 aromatic carbocycles. The highest BCUT2D eigenvalue weighted by Gasteiger charge is 2.13. The second-order valence-electron chi connectivity index (χ2n) is 7.32. The van der Waals surface area contributed by atoms with Gasteiger partial charge in [-0.25, -0.2) is 0 Å². The van der Waals surface area contributed by atoms with Crippen LogP contribution in [-0.2, 0) is 6.54 Å². The van der Waals surface area contributed by atoms with E-state index in [0.717, 1.165) is 27.5 Å². The Morgan fingerprint density at radius 1 is 0.897 bits per heavy atom. The van der Waals surface area contributed by atoms with Gasteiger partial charge in [0.1, 0.15) is 5.56 Å². The summed E-state index contributed by atoms with van der Waals surface area (Å²) in [6.45, 7) is 4.36. The number of benzene rings is 3. The molecule has 0 saturated heterocycles. The number of carbonyl (C=O) groups excluding carboxylic acids is 1. The van der Waals surface area contributed by atoms with Gasteiger partial charge in [0.2, 0.25) is 0 Å². The number of anilines is 1. The van der Waals surface area contributed by atoms with Gasteiger partial charge >= 0.3 is 0 Å². The van der Waals surface area contributed by atoms with Crippen LogP contribution in [0.15, 0.2) is 83.8 Å². The Hall–Kier alpha value is -3.66. The van der Waals surface area contributed by atoms with Gasteiger partial charge in [-0.2, -0.15) is 0 Å². The first kappa shape index (κ1) is 18.7. The SMILES string of the molecule is Cc1cc(C)cc(NC(=O)c2cccn(Cc3cccc4ccccc34)c2=O)c1. The lowest BCUT2D eigenvalue weighted by molar-refractivity contribution is 0.102. The van der Waals surface area contributed by atoms with Crippen molar-refractivity contribution in [2.75, 3.05) is 5.32 Å². The van der Waals surface area contributed by atoms with Crippen LogP contribution in [0.1, 0.15) is 27.0 Å². The van der Waals surface area contributed by atoms with Crippen molar-refractivity contribution in [1.82, 2.24) is 4.57 Å². The molecule has 0 atom stereocenters. The number of aryl methyl sites for hydroxylation is 2. The predicted molar refractivity (Wildman–Crippen MR) is 118 cm³/mol. The molecule has 0 spiro atoms. The van der Waals surface area contributed by atoms with Gasteiger partial charge in [-0.1, -0.05) is 48.5 Å². The minimum Gasteiger partial charge on any atom is -0.322 e. The van der Waals surface area contributed by atoms with Crippen molar-refractivity contribution in [3.8, 4) is 0 Å². The second-order valence-corrected chi connectivity index (χ2v) is 7.32. The molecule has 4 heteroatoms. The third-order valence-corrected chi connectivity index (χ3v) is 4.96. The molecule has 0 aliphatic carbocycles. The number of nitrogens with one attached hydrogen (secondary N) is 1. The summed E-state index contributed by atoms with van der Waals surface area (Å²) < 4.78 is 1.58. The number of hydrogen-bond acceptors (Lipinski definition) is 2. The average molecular weight is 382 g/mol. The fourth-order valence-corrected chi connectivity index (χ4v) is 3.69. The van der Waals surface area contributed by atoms with Crippen LogP contribution >= 0.6 is 0 Å². The Kier molecular flexibility index (Phi) is 5.00. The first-order chi connectivity index (χ1) is 14.0. The van der Waals surface area contributed by atoms with Crippen molar-refractivity contribution in [3.63, 3.8) is 0 Å². The molecule has 144 valence electrons. The van der Waals surface area contributed by atoms with Crippen molar-refractivity contribution in [2.24, 2.45) is 0 Å². The van der Waals surface area contributed by atoms with Crippen LogP contribution in [0.25, 0.3) is 10.8 Å². The predicted octanol–water partition coefficient (Wildman–Crippen LogP) is 4.92. The highest BCUT2D eigenvalue weighted by atomic mass is 16.2. The van der Waals surface area contributed by atoms with E-state index in [2.05, 4.69) is 17.4 Å². The molecule has 0 saturated carbocycles. The molecule has 0 aliphatic rings. The van der Waals surface area contributed by atoms with Crippen molar-refractivity contribution in [1.29, 1.82) is 0 Å². The number of pyridine rings is 1. The lowest BCUT2D eigenvalue weighted by Gasteiger charge is -2.11. The van der Waals surface area contributed by atoms with Crippen LogP contribution in [0.5, 0.6) is 0 Å². The Labute approximate surface area is 169 Å². The smallest absolute Gasteiger partial charge is 0.263 e. The summed E-state index contributed by atoms with van der Waals surface area (Å²) in [6, 6.07) is 23.3. The maximum Gasteiger partial charge on any atom is 0.263 e. The molecule has 1 N–H and O–H groups in total. The Morgan fingerprint density at radius 3 is 2.41 bits per heavy atom. The van der Waals surface area contributed by atoms with Crippen LogP contribution in [0.3, 0.4) is 0 Å². The summed E-state index contributed by atoms with van der Waals surface area (Å²) >= 11 is 0. The molecule has 0 fully saturated rings. The lowest BCUT2D eigenvalue weighted by atomic mass is 10.0. The van der Waals surface area contributed by atoms with E-state index in [1.807, 2.05) is 62.4 Å². The van der Waals surface area contributed by atoms with Crippen LogP contribution in [0.2, 0.25) is 0 Å². The van der Waals surface area contributed by atoms with Gasteiger partial charge < -0.3 is 9.88 Å². The first-order valence-electron chi connectivity index (χ1n) is 9.57. The molecule has 1 aromatic heterocycles. The summed E-state index contributed by atoms with van der Waals surface area (Å²) in [4.78, 5) is 25.7. The Balaban J connectivity index is 1.65. The van der Waals surface area contributed by atoms with E-state index in [-0.39, 0.29) is 11.1 Å². The number of fused-ring (bicyclic) bond motifs is 1. The summed E-state index contributed by atoms with van der Waals surface area (Å²) in [5.74, 6) is -0.396. The van der Waals surface area contributed by atoms with Crippen molar-refractivity contribution in [3.05, 3.63) is 112 Å². The minimum atomic E-state index is -0.396. The molecule has 4 aromatic rings. The quantitative estimate of drug-likeness (QED) is 0.545. The van der Waals surface area contributed by atoms with E-state index in [1.54, 1.807) is 22.9 Å². The molecule has 0 radical (unpaired) electrons. The summed E-state index contributed by atoms with van der Waals surface area (Å²) in [5.41, 5.74) is 3.67. The van der Waals surface area contributed by atoms with Crippen LogP contribution in [0, 0.1) is 13.8 Å². The van der Waals surface area contributed by atoms with Crippen molar-refractivity contribution >= 4 is 22.4 Å². The van der Waals surface area contributed by atoms with Gasteiger partial charge in [-0.15, -0.1) is 0 Å². The van der Waals surface area contributed by atoms with E-state index in [4.69, 9.17) is 0 Å². The Morgan fingerprint density at radius 2 is 1.62 bits per heavy atom. The summed E-state index contributed by atoms with van der Waals surface area (Å²) in [5, 5.41) is 5.08. The fraction of sp³-hybridized carbons (Fsp3) is 0.120. The minimum absolute atomic E-state index is 0.131. The topological polar surface area (TPSA) is 51.1 Å². The monoisotopic (exact) mass is 382 g/mol. The zero-order chi connectivity index (χ0) is 20.4. The van der Waals surface area contributed by atoms with Crippen LogP contribution < -0.4 is 10.9 Å². The van der Waals surface area contributed by atoms with Crippen molar-refractivity contribution in [2.45, 2.75) is 20.4 Å². The molecule has 0 aliphatic heterocycles. The number of carbonyl (C=O) groups is 1. The number of hydrogen-bond donors (Lipinski definition) is 1. The number of aromatic nitrogens is 1. The zero-order valence-corrected chi connectivity index (χ0v) is 16.5. The second kappa shape index (κ2) is 7.76. The van der Waals surface area contributed by atoms with Crippen LogP contribution in [0.4, 0.5) is 5.69 Å². The Bertz CT molecular complexity index is 1250. The van der Waals surface area contributed by atoms with Gasteiger partial charge in [-0.05, 0) is 65.6 Å². The number of rotatable bonds is 4. The number of amides is 1. The highest BCUT2D eigenvalue weighted by Crippen LogP contribution is 2.19. The molecule has 1 heterocycles. The zero-order valence-electron chi connectivity index (χ0n) is 16.5. The average Bonchev–Trinajstić information content (AvgIpc) is 2.69. The molecule has 0 bridgehead atoms. The third kappa shape index (κ3) is 3.97. The lowest BCUT2D eigenvalue weighted by Crippen LogP contribution is -2.29. The van der Waals surface area contributed by atoms with Crippen LogP contribution in [-0.4, -0.2) is 10.5 Å². The van der Waals surface area contributed by atoms with Crippen molar-refractivity contribution < 1.29 is 4.79 Å². The maximum atomic E-state index is 13.0. The standard InChI is InChI=1S/C25H22N2O2/c1-17-13-18(2)15-21(14-17)26-24(28)23-11-6-12-27(25(23)29)16-20-9-5-8-19-7-3-4-10-22(19)20/h3-15H,16H2,1-2H3,(H,26,28). The third-order valence-electron chi connectivity index (χ3n) is 4.96. The van der Waals surface area contributed by atoms with Gasteiger partial charge in [0.15, 0.2) is 0 Å². The molecular formula is C25H22N2O2. The molecule has 29 heavy (non-hydrogen) atoms. The molecular weight excluding hydrogens is 360 g/mol. The summed E-state index contributed by atoms with van der Waals surface area (Å²) in [7, 11) is 0.